The molecule has 0 fully saturated rings. The van der Waals surface area contributed by atoms with Crippen molar-refractivity contribution in [3.05, 3.63) is 95.7 Å². The topological polar surface area (TPSA) is 38.4 Å². The minimum atomic E-state index is 0.398. The van der Waals surface area contributed by atoms with Crippen molar-refractivity contribution < 1.29 is 4.42 Å². The molecule has 0 aliphatic rings. The van der Waals surface area contributed by atoms with Crippen LogP contribution in [-0.2, 0) is 6.42 Å². The Kier molecular flexibility index (Phi) is 5.89. The van der Waals surface area contributed by atoms with Gasteiger partial charge in [0.2, 0.25) is 5.89 Å². The summed E-state index contributed by atoms with van der Waals surface area (Å²) in [7, 11) is 0. The van der Waals surface area contributed by atoms with Crippen LogP contribution >= 0.6 is 0 Å². The second-order valence-electron chi connectivity index (χ2n) is 7.59. The van der Waals surface area contributed by atoms with E-state index in [1.54, 1.807) is 0 Å². The smallest absolute Gasteiger partial charge is 0.227 e. The third kappa shape index (κ3) is 4.11. The summed E-state index contributed by atoms with van der Waals surface area (Å²) in [5, 5.41) is 0. The molecule has 0 aliphatic heterocycles. The Morgan fingerprint density at radius 1 is 0.867 bits per heavy atom. The lowest BCUT2D eigenvalue weighted by molar-refractivity contribution is 0.588. The highest BCUT2D eigenvalue weighted by Gasteiger charge is 2.16. The molecular formula is C27H26N2O. The monoisotopic (exact) mass is 394 g/mol. The fourth-order valence-electron chi connectivity index (χ4n) is 3.57. The van der Waals surface area contributed by atoms with Crippen molar-refractivity contribution in [3.63, 3.8) is 0 Å². The van der Waals surface area contributed by atoms with Gasteiger partial charge in [-0.1, -0.05) is 87.5 Å². The van der Waals surface area contributed by atoms with E-state index in [0.717, 1.165) is 34.7 Å². The zero-order chi connectivity index (χ0) is 20.9. The molecule has 0 atom stereocenters. The van der Waals surface area contributed by atoms with Crippen LogP contribution in [0, 0.1) is 0 Å². The Labute approximate surface area is 178 Å². The molecule has 0 unspecified atom stereocenters. The van der Waals surface area contributed by atoms with E-state index in [0.29, 0.717) is 11.8 Å². The van der Waals surface area contributed by atoms with Gasteiger partial charge in [-0.2, -0.15) is 0 Å². The van der Waals surface area contributed by atoms with Crippen LogP contribution < -0.4 is 0 Å². The zero-order valence-corrected chi connectivity index (χ0v) is 17.7. The highest BCUT2D eigenvalue weighted by atomic mass is 16.4. The lowest BCUT2D eigenvalue weighted by Crippen LogP contribution is -1.94. The molecule has 4 rings (SSSR count). The second kappa shape index (κ2) is 8.91. The number of aliphatic imine (C=N–C) groups is 1. The molecule has 0 bridgehead atoms. The summed E-state index contributed by atoms with van der Waals surface area (Å²) in [5.74, 6) is 1.73. The largest absolute Gasteiger partial charge is 0.435 e. The molecular weight excluding hydrogens is 368 g/mol. The molecule has 150 valence electrons. The van der Waals surface area contributed by atoms with Gasteiger partial charge in [0.25, 0.3) is 0 Å². The Balaban J connectivity index is 1.82. The molecule has 3 heteroatoms. The van der Waals surface area contributed by atoms with Crippen LogP contribution in [0.1, 0.15) is 43.5 Å². The lowest BCUT2D eigenvalue weighted by atomic mass is 9.97. The number of hydrogen-bond acceptors (Lipinski definition) is 3. The van der Waals surface area contributed by atoms with Crippen LogP contribution in [0.2, 0.25) is 0 Å². The Morgan fingerprint density at radius 2 is 1.53 bits per heavy atom. The van der Waals surface area contributed by atoms with Crippen molar-refractivity contribution >= 4 is 11.9 Å². The summed E-state index contributed by atoms with van der Waals surface area (Å²) >= 11 is 0. The van der Waals surface area contributed by atoms with E-state index in [9.17, 15) is 0 Å². The number of hydrogen-bond donors (Lipinski definition) is 0. The predicted octanol–water partition coefficient (Wildman–Crippen LogP) is 7.45. The van der Waals surface area contributed by atoms with E-state index >= 15 is 0 Å². The van der Waals surface area contributed by atoms with Gasteiger partial charge in [0, 0.05) is 11.1 Å². The predicted molar refractivity (Wildman–Crippen MR) is 125 cm³/mol. The minimum Gasteiger partial charge on any atom is -0.435 e. The molecule has 0 N–H and O–H groups in total. The van der Waals surface area contributed by atoms with Gasteiger partial charge in [-0.25, -0.2) is 4.98 Å². The minimum absolute atomic E-state index is 0.398. The molecule has 1 aromatic heterocycles. The van der Waals surface area contributed by atoms with Gasteiger partial charge in [-0.15, -0.1) is 0 Å². The standard InChI is InChI=1S/C27H26N2O/c1-4-20-16-11-17-23(19(2)3)25(20)28-18-24-26(21-12-7-5-8-13-21)30-27(29-24)22-14-9-6-10-15-22/h5-19H,4H2,1-3H3. The summed E-state index contributed by atoms with van der Waals surface area (Å²) in [6, 6.07) is 26.5. The quantitative estimate of drug-likeness (QED) is 0.319. The number of nitrogens with zero attached hydrogens (tertiary/aromatic N) is 2. The summed E-state index contributed by atoms with van der Waals surface area (Å²) in [6.07, 6.45) is 2.78. The number of aromatic nitrogens is 1. The van der Waals surface area contributed by atoms with Crippen molar-refractivity contribution in [3.8, 4) is 22.8 Å². The maximum Gasteiger partial charge on any atom is 0.227 e. The third-order valence-corrected chi connectivity index (χ3v) is 5.18. The van der Waals surface area contributed by atoms with Gasteiger partial charge in [0.15, 0.2) is 5.76 Å². The van der Waals surface area contributed by atoms with E-state index in [1.807, 2.05) is 66.9 Å². The van der Waals surface area contributed by atoms with Crippen LogP contribution in [0.5, 0.6) is 0 Å². The highest BCUT2D eigenvalue weighted by molar-refractivity contribution is 5.89. The van der Waals surface area contributed by atoms with Crippen molar-refractivity contribution in [2.24, 2.45) is 4.99 Å². The second-order valence-corrected chi connectivity index (χ2v) is 7.59. The van der Waals surface area contributed by atoms with Gasteiger partial charge >= 0.3 is 0 Å². The fraction of sp³-hybridized carbons (Fsp3) is 0.185. The molecule has 4 aromatic rings. The van der Waals surface area contributed by atoms with E-state index in [2.05, 4.69) is 39.0 Å². The number of aryl methyl sites for hydroxylation is 1. The van der Waals surface area contributed by atoms with Gasteiger partial charge < -0.3 is 4.42 Å². The number of para-hydroxylation sites is 1. The summed E-state index contributed by atoms with van der Waals surface area (Å²) in [4.78, 5) is 9.70. The van der Waals surface area contributed by atoms with Crippen LogP contribution in [-0.4, -0.2) is 11.2 Å². The Morgan fingerprint density at radius 3 is 2.17 bits per heavy atom. The van der Waals surface area contributed by atoms with Crippen molar-refractivity contribution in [1.29, 1.82) is 0 Å². The normalized spacial score (nSPS) is 11.5. The van der Waals surface area contributed by atoms with Gasteiger partial charge in [0.1, 0.15) is 5.69 Å². The highest BCUT2D eigenvalue weighted by Crippen LogP contribution is 2.33. The SMILES string of the molecule is CCc1cccc(C(C)C)c1N=Cc1nc(-c2ccccc2)oc1-c1ccccc1. The van der Waals surface area contributed by atoms with Gasteiger partial charge in [-0.3, -0.25) is 4.99 Å². The third-order valence-electron chi connectivity index (χ3n) is 5.18. The van der Waals surface area contributed by atoms with E-state index in [1.165, 1.54) is 11.1 Å². The maximum atomic E-state index is 6.21. The van der Waals surface area contributed by atoms with Gasteiger partial charge in [-0.05, 0) is 35.6 Å². The first-order valence-electron chi connectivity index (χ1n) is 10.4. The summed E-state index contributed by atoms with van der Waals surface area (Å²) in [6.45, 7) is 6.57. The van der Waals surface area contributed by atoms with E-state index in [4.69, 9.17) is 14.4 Å². The van der Waals surface area contributed by atoms with Crippen molar-refractivity contribution in [1.82, 2.24) is 4.98 Å². The van der Waals surface area contributed by atoms with E-state index < -0.39 is 0 Å². The van der Waals surface area contributed by atoms with E-state index in [-0.39, 0.29) is 0 Å². The molecule has 0 amide bonds. The summed E-state index contributed by atoms with van der Waals surface area (Å²) < 4.78 is 6.21. The average molecular weight is 395 g/mol. The van der Waals surface area contributed by atoms with Crippen LogP contribution in [0.25, 0.3) is 22.8 Å². The van der Waals surface area contributed by atoms with Crippen LogP contribution in [0.4, 0.5) is 5.69 Å². The number of rotatable bonds is 6. The first-order chi connectivity index (χ1) is 14.7. The molecule has 3 nitrogen and oxygen atoms in total. The van der Waals surface area contributed by atoms with Crippen molar-refractivity contribution in [2.45, 2.75) is 33.1 Å². The van der Waals surface area contributed by atoms with Crippen LogP contribution in [0.3, 0.4) is 0 Å². The van der Waals surface area contributed by atoms with Crippen LogP contribution in [0.15, 0.2) is 88.3 Å². The zero-order valence-electron chi connectivity index (χ0n) is 17.7. The van der Waals surface area contributed by atoms with Gasteiger partial charge in [0.05, 0.1) is 11.9 Å². The summed E-state index contributed by atoms with van der Waals surface area (Å²) in [5.41, 5.74) is 6.20. The first-order valence-corrected chi connectivity index (χ1v) is 10.4. The molecule has 0 radical (unpaired) electrons. The molecule has 30 heavy (non-hydrogen) atoms. The molecule has 1 heterocycles. The number of benzene rings is 3. The van der Waals surface area contributed by atoms with Crippen molar-refractivity contribution in [2.75, 3.05) is 0 Å². The number of oxazole rings is 1. The molecule has 0 saturated carbocycles. The fourth-order valence-corrected chi connectivity index (χ4v) is 3.57. The molecule has 0 saturated heterocycles. The lowest BCUT2D eigenvalue weighted by Gasteiger charge is -2.12. The Hall–Kier alpha value is -3.46. The maximum absolute atomic E-state index is 6.21. The Bertz CT molecular complexity index is 1140. The molecule has 0 spiro atoms. The first kappa shape index (κ1) is 19.8. The average Bonchev–Trinajstić information content (AvgIpc) is 3.23. The molecule has 3 aromatic carbocycles. The molecule has 0 aliphatic carbocycles.